The second kappa shape index (κ2) is 6.19. The normalized spacial score (nSPS) is 10.8. The Morgan fingerprint density at radius 2 is 2.10 bits per heavy atom. The lowest BCUT2D eigenvalue weighted by Crippen LogP contribution is -2.04. The molecule has 2 heterocycles. The van der Waals surface area contributed by atoms with E-state index in [0.717, 1.165) is 6.21 Å². The summed E-state index contributed by atoms with van der Waals surface area (Å²) in [5.41, 5.74) is 1.02. The second-order valence-corrected chi connectivity index (χ2v) is 4.30. The Bertz CT molecular complexity index is 719. The molecule has 0 spiro atoms. The molecule has 0 fully saturated rings. The van der Waals surface area contributed by atoms with Crippen LogP contribution in [0.5, 0.6) is 5.75 Å². The Morgan fingerprint density at radius 3 is 2.71 bits per heavy atom. The van der Waals surface area contributed by atoms with Crippen molar-refractivity contribution < 1.29 is 19.8 Å². The first kappa shape index (κ1) is 14.7. The third-order valence-electron chi connectivity index (χ3n) is 2.69. The van der Waals surface area contributed by atoms with Gasteiger partial charge in [0.25, 0.3) is 0 Å². The molecule has 8 heteroatoms. The lowest BCUT2D eigenvalue weighted by molar-refractivity contribution is 0.0697. The van der Waals surface area contributed by atoms with Gasteiger partial charge in [-0.05, 0) is 12.1 Å². The zero-order chi connectivity index (χ0) is 15.4. The van der Waals surface area contributed by atoms with Crippen LogP contribution in [0.15, 0.2) is 29.7 Å². The maximum absolute atomic E-state index is 11.3. The van der Waals surface area contributed by atoms with Gasteiger partial charge in [-0.15, -0.1) is 0 Å². The molecule has 7 nitrogen and oxygen atoms in total. The largest absolute Gasteiger partial charge is 0.494 e. The fourth-order valence-corrected chi connectivity index (χ4v) is 1.94. The molecule has 0 unspecified atom stereocenters. The van der Waals surface area contributed by atoms with Crippen LogP contribution < -0.4 is 4.74 Å². The Hall–Kier alpha value is -2.67. The molecule has 0 saturated heterocycles. The first-order valence-corrected chi connectivity index (χ1v) is 6.05. The minimum Gasteiger partial charge on any atom is -0.494 e. The molecular formula is C13H10ClN3O4. The van der Waals surface area contributed by atoms with Crippen molar-refractivity contribution >= 4 is 23.8 Å². The van der Waals surface area contributed by atoms with E-state index in [1.807, 2.05) is 0 Å². The Kier molecular flexibility index (Phi) is 4.34. The summed E-state index contributed by atoms with van der Waals surface area (Å²) in [6.45, 7) is 0. The van der Waals surface area contributed by atoms with Crippen molar-refractivity contribution in [3.05, 3.63) is 40.9 Å². The number of hydrogen-bond donors (Lipinski definition) is 2. The van der Waals surface area contributed by atoms with Crippen molar-refractivity contribution in [2.24, 2.45) is 5.16 Å². The van der Waals surface area contributed by atoms with Crippen LogP contribution in [0.2, 0.25) is 5.15 Å². The van der Waals surface area contributed by atoms with Crippen molar-refractivity contribution in [3.63, 3.8) is 0 Å². The molecule has 2 rings (SSSR count). The summed E-state index contributed by atoms with van der Waals surface area (Å²) in [5.74, 6) is -0.792. The van der Waals surface area contributed by atoms with Crippen LogP contribution in [0.1, 0.15) is 16.1 Å². The quantitative estimate of drug-likeness (QED) is 0.389. The third-order valence-corrected chi connectivity index (χ3v) is 2.90. The zero-order valence-electron chi connectivity index (χ0n) is 10.8. The number of carboxylic acid groups (broad SMARTS) is 1. The predicted octanol–water partition coefficient (Wildman–Crippen LogP) is 2.31. The molecule has 0 aliphatic heterocycles. The first-order chi connectivity index (χ1) is 10.1. The molecule has 0 amide bonds. The lowest BCUT2D eigenvalue weighted by atomic mass is 10.0. The van der Waals surface area contributed by atoms with Gasteiger partial charge in [0.1, 0.15) is 10.9 Å². The number of aromatic carboxylic acids is 1. The van der Waals surface area contributed by atoms with E-state index in [4.69, 9.17) is 21.5 Å². The average Bonchev–Trinajstić information content (AvgIpc) is 2.47. The van der Waals surface area contributed by atoms with Crippen LogP contribution >= 0.6 is 11.6 Å². The van der Waals surface area contributed by atoms with Gasteiger partial charge < -0.3 is 15.1 Å². The summed E-state index contributed by atoms with van der Waals surface area (Å²) in [7, 11) is 1.44. The van der Waals surface area contributed by atoms with Gasteiger partial charge in [0, 0.05) is 17.3 Å². The number of halogens is 1. The highest BCUT2D eigenvalue weighted by molar-refractivity contribution is 6.29. The van der Waals surface area contributed by atoms with E-state index in [2.05, 4.69) is 15.1 Å². The van der Waals surface area contributed by atoms with E-state index in [0.29, 0.717) is 16.9 Å². The number of aromatic nitrogens is 2. The number of carbonyl (C=O) groups is 1. The molecule has 0 aliphatic rings. The molecular weight excluding hydrogens is 298 g/mol. The van der Waals surface area contributed by atoms with Gasteiger partial charge in [-0.3, -0.25) is 4.98 Å². The highest BCUT2D eigenvalue weighted by Crippen LogP contribution is 2.33. The van der Waals surface area contributed by atoms with Crippen LogP contribution in [0.3, 0.4) is 0 Å². The van der Waals surface area contributed by atoms with Gasteiger partial charge in [-0.2, -0.15) is 0 Å². The number of hydrogen-bond acceptors (Lipinski definition) is 6. The number of nitrogens with zero attached hydrogens (tertiary/aromatic N) is 3. The monoisotopic (exact) mass is 307 g/mol. The number of oxime groups is 1. The molecule has 0 saturated carbocycles. The van der Waals surface area contributed by atoms with Crippen molar-refractivity contribution in [1.29, 1.82) is 0 Å². The van der Waals surface area contributed by atoms with Crippen LogP contribution in [-0.2, 0) is 0 Å². The fraction of sp³-hybridized carbons (Fsp3) is 0.0769. The lowest BCUT2D eigenvalue weighted by Gasteiger charge is -2.11. The van der Waals surface area contributed by atoms with E-state index < -0.39 is 5.97 Å². The Balaban J connectivity index is 2.73. The van der Waals surface area contributed by atoms with E-state index in [1.54, 1.807) is 0 Å². The molecule has 0 atom stereocenters. The molecule has 0 aromatic carbocycles. The summed E-state index contributed by atoms with van der Waals surface area (Å²) >= 11 is 5.86. The van der Waals surface area contributed by atoms with Gasteiger partial charge in [0.15, 0.2) is 0 Å². The summed E-state index contributed by atoms with van der Waals surface area (Å²) in [6.07, 6.45) is 3.65. The van der Waals surface area contributed by atoms with E-state index in [1.165, 1.54) is 31.6 Å². The van der Waals surface area contributed by atoms with Gasteiger partial charge in [-0.25, -0.2) is 9.78 Å². The van der Waals surface area contributed by atoms with E-state index in [-0.39, 0.29) is 16.4 Å². The Morgan fingerprint density at radius 1 is 1.33 bits per heavy atom. The van der Waals surface area contributed by atoms with Crippen molar-refractivity contribution in [2.45, 2.75) is 0 Å². The van der Waals surface area contributed by atoms with Gasteiger partial charge >= 0.3 is 5.97 Å². The highest BCUT2D eigenvalue weighted by Gasteiger charge is 2.17. The predicted molar refractivity (Wildman–Crippen MR) is 75.4 cm³/mol. The second-order valence-electron chi connectivity index (χ2n) is 3.91. The minimum atomic E-state index is -1.15. The molecule has 0 bridgehead atoms. The van der Waals surface area contributed by atoms with Gasteiger partial charge in [0.2, 0.25) is 0 Å². The molecule has 2 aromatic heterocycles. The van der Waals surface area contributed by atoms with Crippen LogP contribution in [0, 0.1) is 0 Å². The summed E-state index contributed by atoms with van der Waals surface area (Å²) in [4.78, 5) is 19.1. The highest BCUT2D eigenvalue weighted by atomic mass is 35.5. The standard InChI is InChI=1S/C13H10ClN3O4/c1-21-11-6-16-12(14)3-9(11)8-2-7(4-17-20)15-5-10(8)13(18)19/h2-6,20H,1H3,(H,18,19)/b17-4+. The van der Waals surface area contributed by atoms with Crippen molar-refractivity contribution in [1.82, 2.24) is 9.97 Å². The Labute approximate surface area is 124 Å². The fourth-order valence-electron chi connectivity index (χ4n) is 1.79. The van der Waals surface area contributed by atoms with Gasteiger partial charge in [-0.1, -0.05) is 16.8 Å². The summed E-state index contributed by atoms with van der Waals surface area (Å²) < 4.78 is 5.17. The van der Waals surface area contributed by atoms with Crippen molar-refractivity contribution in [2.75, 3.05) is 7.11 Å². The topological polar surface area (TPSA) is 105 Å². The van der Waals surface area contributed by atoms with E-state index in [9.17, 15) is 9.90 Å². The maximum Gasteiger partial charge on any atom is 0.337 e. The molecule has 108 valence electrons. The minimum absolute atomic E-state index is 0.0364. The first-order valence-electron chi connectivity index (χ1n) is 5.67. The number of methoxy groups -OCH3 is 1. The number of pyridine rings is 2. The summed E-state index contributed by atoms with van der Waals surface area (Å²) in [5, 5.41) is 20.9. The SMILES string of the molecule is COc1cnc(Cl)cc1-c1cc(/C=N/O)ncc1C(=O)O. The smallest absolute Gasteiger partial charge is 0.337 e. The van der Waals surface area contributed by atoms with Crippen LogP contribution in [0.25, 0.3) is 11.1 Å². The molecule has 21 heavy (non-hydrogen) atoms. The number of ether oxygens (including phenoxy) is 1. The van der Waals surface area contributed by atoms with Crippen molar-refractivity contribution in [3.8, 4) is 16.9 Å². The van der Waals surface area contributed by atoms with Crippen LogP contribution in [-0.4, -0.2) is 39.6 Å². The molecule has 2 aromatic rings. The third kappa shape index (κ3) is 3.09. The zero-order valence-corrected chi connectivity index (χ0v) is 11.6. The van der Waals surface area contributed by atoms with E-state index >= 15 is 0 Å². The number of rotatable bonds is 4. The molecule has 0 aliphatic carbocycles. The number of carboxylic acids is 1. The van der Waals surface area contributed by atoms with Crippen LogP contribution in [0.4, 0.5) is 0 Å². The molecule has 2 N–H and O–H groups in total. The maximum atomic E-state index is 11.3. The van der Waals surface area contributed by atoms with Gasteiger partial charge in [0.05, 0.1) is 30.8 Å². The molecule has 0 radical (unpaired) electrons. The average molecular weight is 308 g/mol. The summed E-state index contributed by atoms with van der Waals surface area (Å²) in [6, 6.07) is 2.94.